The molecule has 0 atom stereocenters. The molecule has 6 heteroatoms. The standard InChI is InChI=1S/C10H12F2N2O2/c1-3-13(4-2)9-5-8(12)10(14(15)16)6-7(9)11/h5-6H,3-4H2,1-2H3. The van der Waals surface area contributed by atoms with Crippen molar-refractivity contribution in [2.45, 2.75) is 13.8 Å². The summed E-state index contributed by atoms with van der Waals surface area (Å²) < 4.78 is 26.8. The zero-order chi connectivity index (χ0) is 12.3. The van der Waals surface area contributed by atoms with E-state index >= 15 is 0 Å². The van der Waals surface area contributed by atoms with E-state index in [9.17, 15) is 18.9 Å². The molecule has 16 heavy (non-hydrogen) atoms. The van der Waals surface area contributed by atoms with Gasteiger partial charge in [0.25, 0.3) is 0 Å². The van der Waals surface area contributed by atoms with E-state index in [1.807, 2.05) is 0 Å². The van der Waals surface area contributed by atoms with Gasteiger partial charge in [0.2, 0.25) is 5.82 Å². The lowest BCUT2D eigenvalue weighted by molar-refractivity contribution is -0.387. The Morgan fingerprint density at radius 2 is 1.81 bits per heavy atom. The van der Waals surface area contributed by atoms with Crippen molar-refractivity contribution < 1.29 is 13.7 Å². The molecule has 0 aromatic heterocycles. The second kappa shape index (κ2) is 4.87. The first-order chi connectivity index (χ1) is 7.51. The van der Waals surface area contributed by atoms with Crippen molar-refractivity contribution in [3.63, 3.8) is 0 Å². The van der Waals surface area contributed by atoms with E-state index < -0.39 is 22.2 Å². The molecule has 0 aliphatic rings. The summed E-state index contributed by atoms with van der Waals surface area (Å²) in [6, 6.07) is 1.48. The molecule has 0 spiro atoms. The Kier molecular flexibility index (Phi) is 3.76. The van der Waals surface area contributed by atoms with Crippen LogP contribution in [-0.2, 0) is 0 Å². The number of anilines is 1. The van der Waals surface area contributed by atoms with Crippen LogP contribution in [0.1, 0.15) is 13.8 Å². The number of hydrogen-bond donors (Lipinski definition) is 0. The lowest BCUT2D eigenvalue weighted by Crippen LogP contribution is -2.23. The summed E-state index contributed by atoms with van der Waals surface area (Å²) in [7, 11) is 0. The average molecular weight is 230 g/mol. The monoisotopic (exact) mass is 230 g/mol. The van der Waals surface area contributed by atoms with Crippen molar-refractivity contribution in [2.24, 2.45) is 0 Å². The minimum absolute atomic E-state index is 0.0492. The van der Waals surface area contributed by atoms with Gasteiger partial charge in [-0.3, -0.25) is 10.1 Å². The largest absolute Gasteiger partial charge is 0.370 e. The van der Waals surface area contributed by atoms with Crippen LogP contribution >= 0.6 is 0 Å². The molecule has 0 unspecified atom stereocenters. The van der Waals surface area contributed by atoms with E-state index in [0.29, 0.717) is 19.2 Å². The summed E-state index contributed by atoms with van der Waals surface area (Å²) in [5, 5.41) is 10.4. The Morgan fingerprint density at radius 1 is 1.25 bits per heavy atom. The molecule has 0 fully saturated rings. The third-order valence-corrected chi connectivity index (χ3v) is 2.32. The third kappa shape index (κ3) is 2.26. The van der Waals surface area contributed by atoms with Gasteiger partial charge in [-0.05, 0) is 13.8 Å². The number of rotatable bonds is 4. The quantitative estimate of drug-likeness (QED) is 0.590. The maximum Gasteiger partial charge on any atom is 0.307 e. The van der Waals surface area contributed by atoms with Crippen molar-refractivity contribution in [1.82, 2.24) is 0 Å². The summed E-state index contributed by atoms with van der Waals surface area (Å²) in [5.41, 5.74) is -0.790. The van der Waals surface area contributed by atoms with Gasteiger partial charge in [-0.2, -0.15) is 4.39 Å². The Labute approximate surface area is 91.6 Å². The van der Waals surface area contributed by atoms with Crippen molar-refractivity contribution >= 4 is 11.4 Å². The molecular weight excluding hydrogens is 218 g/mol. The zero-order valence-corrected chi connectivity index (χ0v) is 9.04. The van der Waals surface area contributed by atoms with Gasteiger partial charge in [-0.15, -0.1) is 0 Å². The summed E-state index contributed by atoms with van der Waals surface area (Å²) in [6.45, 7) is 4.60. The summed E-state index contributed by atoms with van der Waals surface area (Å²) in [6.07, 6.45) is 0. The molecule has 4 nitrogen and oxygen atoms in total. The first-order valence-electron chi connectivity index (χ1n) is 4.89. The zero-order valence-electron chi connectivity index (χ0n) is 9.04. The first kappa shape index (κ1) is 12.4. The Bertz CT molecular complexity index is 406. The number of hydrogen-bond acceptors (Lipinski definition) is 3. The van der Waals surface area contributed by atoms with Crippen LogP contribution in [0.4, 0.5) is 20.2 Å². The fraction of sp³-hybridized carbons (Fsp3) is 0.400. The van der Waals surface area contributed by atoms with E-state index in [1.165, 1.54) is 0 Å². The molecule has 88 valence electrons. The fourth-order valence-electron chi connectivity index (χ4n) is 1.47. The van der Waals surface area contributed by atoms with Crippen LogP contribution < -0.4 is 4.90 Å². The van der Waals surface area contributed by atoms with Crippen molar-refractivity contribution in [3.8, 4) is 0 Å². The summed E-state index contributed by atoms with van der Waals surface area (Å²) in [5.74, 6) is -1.80. The fourth-order valence-corrected chi connectivity index (χ4v) is 1.47. The predicted molar refractivity (Wildman–Crippen MR) is 56.6 cm³/mol. The van der Waals surface area contributed by atoms with Gasteiger partial charge in [0, 0.05) is 19.2 Å². The number of nitro benzene ring substituents is 1. The molecule has 0 N–H and O–H groups in total. The molecule has 1 rings (SSSR count). The van der Waals surface area contributed by atoms with Gasteiger partial charge in [-0.25, -0.2) is 4.39 Å². The number of nitro groups is 1. The van der Waals surface area contributed by atoms with E-state index in [-0.39, 0.29) is 5.69 Å². The van der Waals surface area contributed by atoms with Crippen molar-refractivity contribution in [2.75, 3.05) is 18.0 Å². The normalized spacial score (nSPS) is 10.2. The maximum absolute atomic E-state index is 13.5. The van der Waals surface area contributed by atoms with E-state index in [2.05, 4.69) is 0 Å². The molecule has 0 saturated heterocycles. The second-order valence-corrected chi connectivity index (χ2v) is 3.18. The van der Waals surface area contributed by atoms with Gasteiger partial charge in [0.05, 0.1) is 16.7 Å². The van der Waals surface area contributed by atoms with E-state index in [0.717, 1.165) is 6.07 Å². The van der Waals surface area contributed by atoms with Crippen molar-refractivity contribution in [1.29, 1.82) is 0 Å². The summed E-state index contributed by atoms with van der Waals surface area (Å²) in [4.78, 5) is 11.0. The molecule has 0 bridgehead atoms. The molecule has 0 heterocycles. The van der Waals surface area contributed by atoms with Crippen molar-refractivity contribution in [3.05, 3.63) is 33.9 Å². The minimum Gasteiger partial charge on any atom is -0.370 e. The second-order valence-electron chi connectivity index (χ2n) is 3.18. The lowest BCUT2D eigenvalue weighted by atomic mass is 10.2. The first-order valence-corrected chi connectivity index (χ1v) is 4.89. The molecule has 0 amide bonds. The Balaban J connectivity index is 3.24. The van der Waals surface area contributed by atoms with Gasteiger partial charge in [-0.1, -0.05) is 0 Å². The van der Waals surface area contributed by atoms with Gasteiger partial charge in [0.15, 0.2) is 5.82 Å². The van der Waals surface area contributed by atoms with Gasteiger partial charge in [0.1, 0.15) is 0 Å². The lowest BCUT2D eigenvalue weighted by Gasteiger charge is -2.21. The molecule has 0 aliphatic carbocycles. The number of nitrogens with zero attached hydrogens (tertiary/aromatic N) is 2. The number of halogens is 2. The van der Waals surface area contributed by atoms with Crippen LogP contribution in [-0.4, -0.2) is 18.0 Å². The highest BCUT2D eigenvalue weighted by molar-refractivity contribution is 5.53. The molecular formula is C10H12F2N2O2. The summed E-state index contributed by atoms with van der Waals surface area (Å²) >= 11 is 0. The van der Waals surface area contributed by atoms with Gasteiger partial charge < -0.3 is 4.90 Å². The topological polar surface area (TPSA) is 46.4 Å². The highest BCUT2D eigenvalue weighted by atomic mass is 19.1. The SMILES string of the molecule is CCN(CC)c1cc(F)c([N+](=O)[O-])cc1F. The Morgan fingerprint density at radius 3 is 2.25 bits per heavy atom. The average Bonchev–Trinajstić information content (AvgIpc) is 2.23. The van der Waals surface area contributed by atoms with Gasteiger partial charge >= 0.3 is 5.69 Å². The van der Waals surface area contributed by atoms with E-state index in [1.54, 1.807) is 18.7 Å². The van der Waals surface area contributed by atoms with E-state index in [4.69, 9.17) is 0 Å². The Hall–Kier alpha value is -1.72. The molecule has 0 radical (unpaired) electrons. The molecule has 0 saturated carbocycles. The molecule has 1 aromatic carbocycles. The predicted octanol–water partition coefficient (Wildman–Crippen LogP) is 2.72. The minimum atomic E-state index is -1.02. The third-order valence-electron chi connectivity index (χ3n) is 2.32. The van der Waals surface area contributed by atoms with Crippen LogP contribution in [0.5, 0.6) is 0 Å². The van der Waals surface area contributed by atoms with Crippen LogP contribution in [0, 0.1) is 21.7 Å². The molecule has 0 aliphatic heterocycles. The van der Waals surface area contributed by atoms with Crippen LogP contribution in [0.3, 0.4) is 0 Å². The van der Waals surface area contributed by atoms with Crippen LogP contribution in [0.2, 0.25) is 0 Å². The van der Waals surface area contributed by atoms with Crippen LogP contribution in [0.25, 0.3) is 0 Å². The molecule has 1 aromatic rings. The highest BCUT2D eigenvalue weighted by Crippen LogP contribution is 2.27. The smallest absolute Gasteiger partial charge is 0.307 e. The number of benzene rings is 1. The maximum atomic E-state index is 13.5. The van der Waals surface area contributed by atoms with Crippen LogP contribution in [0.15, 0.2) is 12.1 Å². The highest BCUT2D eigenvalue weighted by Gasteiger charge is 2.20.